The number of carbonyl (C=O) groups is 1. The van der Waals surface area contributed by atoms with Crippen LogP contribution < -0.4 is 25.0 Å². The van der Waals surface area contributed by atoms with Crippen molar-refractivity contribution in [1.29, 1.82) is 0 Å². The molecular formula is C25H34N4O3. The van der Waals surface area contributed by atoms with Gasteiger partial charge in [-0.1, -0.05) is 18.2 Å². The van der Waals surface area contributed by atoms with Gasteiger partial charge in [0.15, 0.2) is 5.96 Å². The number of rotatable bonds is 9. The summed E-state index contributed by atoms with van der Waals surface area (Å²) >= 11 is 0. The molecule has 0 aliphatic carbocycles. The van der Waals surface area contributed by atoms with Crippen molar-refractivity contribution in [1.82, 2.24) is 10.6 Å². The zero-order chi connectivity index (χ0) is 22.9. The van der Waals surface area contributed by atoms with Crippen LogP contribution in [0.5, 0.6) is 11.5 Å². The SMILES string of the molecule is CCNC(=NCCCC(=O)N1CCc2ccccc21)NC(C)c1cc(OC)ccc1OC. The number of aliphatic imine (C=N–C) groups is 1. The lowest BCUT2D eigenvalue weighted by molar-refractivity contribution is -0.118. The fraction of sp³-hybridized carbons (Fsp3) is 0.440. The van der Waals surface area contributed by atoms with Crippen LogP contribution in [-0.4, -0.2) is 45.7 Å². The Balaban J connectivity index is 1.57. The number of carbonyl (C=O) groups excluding carboxylic acids is 1. The lowest BCUT2D eigenvalue weighted by Gasteiger charge is -2.21. The molecule has 0 saturated carbocycles. The number of anilines is 1. The molecule has 0 radical (unpaired) electrons. The molecule has 0 fully saturated rings. The molecule has 1 heterocycles. The zero-order valence-electron chi connectivity index (χ0n) is 19.5. The summed E-state index contributed by atoms with van der Waals surface area (Å²) in [5, 5.41) is 6.70. The van der Waals surface area contributed by atoms with Gasteiger partial charge >= 0.3 is 0 Å². The summed E-state index contributed by atoms with van der Waals surface area (Å²) in [6.07, 6.45) is 2.11. The number of benzene rings is 2. The third-order valence-corrected chi connectivity index (χ3v) is 5.61. The molecule has 0 aromatic heterocycles. The number of hydrogen-bond donors (Lipinski definition) is 2. The number of ether oxygens (including phenoxy) is 2. The highest BCUT2D eigenvalue weighted by molar-refractivity contribution is 5.95. The molecule has 172 valence electrons. The molecule has 32 heavy (non-hydrogen) atoms. The smallest absolute Gasteiger partial charge is 0.227 e. The first-order valence-corrected chi connectivity index (χ1v) is 11.2. The first-order valence-electron chi connectivity index (χ1n) is 11.2. The topological polar surface area (TPSA) is 75.2 Å². The Labute approximate surface area is 190 Å². The van der Waals surface area contributed by atoms with Gasteiger partial charge in [0.1, 0.15) is 11.5 Å². The maximum Gasteiger partial charge on any atom is 0.227 e. The summed E-state index contributed by atoms with van der Waals surface area (Å²) in [5.74, 6) is 2.44. The second-order valence-electron chi connectivity index (χ2n) is 7.76. The summed E-state index contributed by atoms with van der Waals surface area (Å²) in [6, 6.07) is 13.8. The van der Waals surface area contributed by atoms with Gasteiger partial charge in [-0.05, 0) is 56.5 Å². The maximum absolute atomic E-state index is 12.7. The normalized spacial score (nSPS) is 14.0. The van der Waals surface area contributed by atoms with Crippen LogP contribution in [0, 0.1) is 0 Å². The number of nitrogens with one attached hydrogen (secondary N) is 2. The Hall–Kier alpha value is -3.22. The van der Waals surface area contributed by atoms with Gasteiger partial charge in [-0.15, -0.1) is 0 Å². The number of para-hydroxylation sites is 1. The molecule has 2 N–H and O–H groups in total. The summed E-state index contributed by atoms with van der Waals surface area (Å²) in [5.41, 5.74) is 3.29. The van der Waals surface area contributed by atoms with Crippen molar-refractivity contribution in [3.63, 3.8) is 0 Å². The van der Waals surface area contributed by atoms with Crippen LogP contribution in [0.3, 0.4) is 0 Å². The van der Waals surface area contributed by atoms with E-state index in [1.807, 2.05) is 48.2 Å². The van der Waals surface area contributed by atoms with E-state index < -0.39 is 0 Å². The summed E-state index contributed by atoms with van der Waals surface area (Å²) in [6.45, 7) is 6.17. The van der Waals surface area contributed by atoms with Crippen LogP contribution in [0.2, 0.25) is 0 Å². The highest BCUT2D eigenvalue weighted by Crippen LogP contribution is 2.29. The van der Waals surface area contributed by atoms with E-state index in [1.165, 1.54) is 5.56 Å². The molecule has 7 heteroatoms. The highest BCUT2D eigenvalue weighted by atomic mass is 16.5. The number of hydrogen-bond acceptors (Lipinski definition) is 4. The lowest BCUT2D eigenvalue weighted by atomic mass is 10.1. The van der Waals surface area contributed by atoms with Gasteiger partial charge in [0.05, 0.1) is 20.3 Å². The number of methoxy groups -OCH3 is 2. The number of fused-ring (bicyclic) bond motifs is 1. The summed E-state index contributed by atoms with van der Waals surface area (Å²) in [4.78, 5) is 19.3. The molecule has 1 aliphatic rings. The summed E-state index contributed by atoms with van der Waals surface area (Å²) in [7, 11) is 3.31. The summed E-state index contributed by atoms with van der Waals surface area (Å²) < 4.78 is 10.9. The Morgan fingerprint density at radius 3 is 2.75 bits per heavy atom. The van der Waals surface area contributed by atoms with Crippen LogP contribution in [0.4, 0.5) is 5.69 Å². The van der Waals surface area contributed by atoms with Crippen molar-refractivity contribution in [3.05, 3.63) is 53.6 Å². The van der Waals surface area contributed by atoms with E-state index in [0.29, 0.717) is 25.3 Å². The minimum Gasteiger partial charge on any atom is -0.497 e. The lowest BCUT2D eigenvalue weighted by Crippen LogP contribution is -2.39. The molecule has 2 aromatic carbocycles. The van der Waals surface area contributed by atoms with Crippen LogP contribution >= 0.6 is 0 Å². The average Bonchev–Trinajstić information content (AvgIpc) is 3.25. The average molecular weight is 439 g/mol. The molecule has 0 saturated heterocycles. The van der Waals surface area contributed by atoms with Gasteiger partial charge < -0.3 is 25.0 Å². The minimum atomic E-state index is -0.0411. The van der Waals surface area contributed by atoms with Crippen LogP contribution in [0.25, 0.3) is 0 Å². The van der Waals surface area contributed by atoms with Gasteiger partial charge in [0, 0.05) is 37.3 Å². The van der Waals surface area contributed by atoms with E-state index in [2.05, 4.69) is 28.6 Å². The van der Waals surface area contributed by atoms with Crippen LogP contribution in [0.15, 0.2) is 47.5 Å². The molecule has 0 spiro atoms. The number of guanidine groups is 1. The van der Waals surface area contributed by atoms with E-state index in [-0.39, 0.29) is 11.9 Å². The number of amides is 1. The zero-order valence-corrected chi connectivity index (χ0v) is 19.5. The van der Waals surface area contributed by atoms with Crippen LogP contribution in [-0.2, 0) is 11.2 Å². The first-order chi connectivity index (χ1) is 15.6. The molecule has 2 aromatic rings. The predicted octanol–water partition coefficient (Wildman–Crippen LogP) is 3.69. The van der Waals surface area contributed by atoms with E-state index in [1.54, 1.807) is 14.2 Å². The maximum atomic E-state index is 12.7. The molecule has 7 nitrogen and oxygen atoms in total. The van der Waals surface area contributed by atoms with Crippen molar-refractivity contribution < 1.29 is 14.3 Å². The third-order valence-electron chi connectivity index (χ3n) is 5.61. The van der Waals surface area contributed by atoms with Gasteiger partial charge in [-0.3, -0.25) is 9.79 Å². The molecule has 1 atom stereocenters. The fourth-order valence-corrected chi connectivity index (χ4v) is 3.93. The van der Waals surface area contributed by atoms with Gasteiger partial charge in [0.25, 0.3) is 0 Å². The van der Waals surface area contributed by atoms with Crippen molar-refractivity contribution >= 4 is 17.6 Å². The molecule has 3 rings (SSSR count). The standard InChI is InChI=1S/C25H34N4O3/c1-5-26-25(28-18(2)21-17-20(31-3)12-13-23(21)32-4)27-15-8-11-24(30)29-16-14-19-9-6-7-10-22(19)29/h6-7,9-10,12-13,17-18H,5,8,11,14-16H2,1-4H3,(H2,26,27,28). The Morgan fingerprint density at radius 1 is 1.19 bits per heavy atom. The third kappa shape index (κ3) is 5.72. The number of nitrogens with zero attached hydrogens (tertiary/aromatic N) is 2. The van der Waals surface area contributed by atoms with E-state index in [9.17, 15) is 4.79 Å². The highest BCUT2D eigenvalue weighted by Gasteiger charge is 2.23. The molecule has 0 bridgehead atoms. The molecule has 1 amide bonds. The second-order valence-corrected chi connectivity index (χ2v) is 7.76. The Morgan fingerprint density at radius 2 is 2.00 bits per heavy atom. The van der Waals surface area contributed by atoms with Crippen molar-refractivity contribution in [2.24, 2.45) is 4.99 Å². The largest absolute Gasteiger partial charge is 0.497 e. The van der Waals surface area contributed by atoms with Crippen molar-refractivity contribution in [2.45, 2.75) is 39.2 Å². The Kier molecular flexibility index (Phi) is 8.36. The van der Waals surface area contributed by atoms with E-state index in [4.69, 9.17) is 9.47 Å². The van der Waals surface area contributed by atoms with Crippen molar-refractivity contribution in [3.8, 4) is 11.5 Å². The molecular weight excluding hydrogens is 404 g/mol. The van der Waals surface area contributed by atoms with Crippen LogP contribution in [0.1, 0.15) is 43.9 Å². The second kappa shape index (κ2) is 11.4. The van der Waals surface area contributed by atoms with Gasteiger partial charge in [-0.25, -0.2) is 0 Å². The van der Waals surface area contributed by atoms with E-state index >= 15 is 0 Å². The van der Waals surface area contributed by atoms with E-state index in [0.717, 1.165) is 42.3 Å². The van der Waals surface area contributed by atoms with Gasteiger partial charge in [0.2, 0.25) is 5.91 Å². The molecule has 1 aliphatic heterocycles. The van der Waals surface area contributed by atoms with Gasteiger partial charge in [-0.2, -0.15) is 0 Å². The predicted molar refractivity (Wildman–Crippen MR) is 129 cm³/mol. The first kappa shape index (κ1) is 23.4. The Bertz CT molecular complexity index is 945. The monoisotopic (exact) mass is 438 g/mol. The van der Waals surface area contributed by atoms with Crippen molar-refractivity contribution in [2.75, 3.05) is 38.8 Å². The quantitative estimate of drug-likeness (QED) is 0.355. The fourth-order valence-electron chi connectivity index (χ4n) is 3.93. The molecule has 1 unspecified atom stereocenters. The minimum absolute atomic E-state index is 0.0411.